The number of para-hydroxylation sites is 1. The summed E-state index contributed by atoms with van der Waals surface area (Å²) in [6.45, 7) is 2.13. The van der Waals surface area contributed by atoms with Gasteiger partial charge in [0.2, 0.25) is 0 Å². The largest absolute Gasteiger partial charge is 0.482 e. The van der Waals surface area contributed by atoms with E-state index in [1.807, 2.05) is 6.92 Å². The first kappa shape index (κ1) is 15.8. The minimum Gasteiger partial charge on any atom is -0.482 e. The van der Waals surface area contributed by atoms with E-state index < -0.39 is 9.84 Å². The fourth-order valence-electron chi connectivity index (χ4n) is 3.02. The first-order valence-electron chi connectivity index (χ1n) is 7.48. The van der Waals surface area contributed by atoms with Crippen LogP contribution in [0.3, 0.4) is 0 Å². The van der Waals surface area contributed by atoms with Gasteiger partial charge in [0, 0.05) is 12.6 Å². The van der Waals surface area contributed by atoms with Crippen LogP contribution in [-0.2, 0) is 14.6 Å². The van der Waals surface area contributed by atoms with Crippen LogP contribution in [0.2, 0.25) is 0 Å². The van der Waals surface area contributed by atoms with Crippen molar-refractivity contribution in [2.24, 2.45) is 0 Å². The molecular formula is C15H18N2O5S. The SMILES string of the molecule is CCN(C(=O)c1cccc2c1NC(=O)CO2)C1CCS(=O)(=O)C1. The van der Waals surface area contributed by atoms with Crippen LogP contribution in [0.25, 0.3) is 0 Å². The monoisotopic (exact) mass is 338 g/mol. The van der Waals surface area contributed by atoms with E-state index in [4.69, 9.17) is 4.74 Å². The average molecular weight is 338 g/mol. The Morgan fingerprint density at radius 3 is 2.87 bits per heavy atom. The molecule has 0 aliphatic carbocycles. The van der Waals surface area contributed by atoms with E-state index in [1.165, 1.54) is 0 Å². The van der Waals surface area contributed by atoms with Gasteiger partial charge in [0.15, 0.2) is 16.4 Å². The van der Waals surface area contributed by atoms with Crippen LogP contribution >= 0.6 is 0 Å². The smallest absolute Gasteiger partial charge is 0.262 e. The van der Waals surface area contributed by atoms with Crippen LogP contribution in [0.4, 0.5) is 5.69 Å². The third-order valence-corrected chi connectivity index (χ3v) is 5.88. The number of carbonyl (C=O) groups is 2. The van der Waals surface area contributed by atoms with Crippen LogP contribution in [0.15, 0.2) is 18.2 Å². The fraction of sp³-hybridized carbons (Fsp3) is 0.467. The maximum absolute atomic E-state index is 12.9. The summed E-state index contributed by atoms with van der Waals surface area (Å²) in [7, 11) is -3.08. The van der Waals surface area contributed by atoms with Crippen molar-refractivity contribution < 1.29 is 22.7 Å². The molecule has 1 fully saturated rings. The first-order chi connectivity index (χ1) is 10.9. The molecule has 124 valence electrons. The number of ether oxygens (including phenoxy) is 1. The molecule has 0 bridgehead atoms. The molecular weight excluding hydrogens is 320 g/mol. The molecule has 1 saturated heterocycles. The van der Waals surface area contributed by atoms with Crippen molar-refractivity contribution in [3.05, 3.63) is 23.8 Å². The van der Waals surface area contributed by atoms with E-state index in [-0.39, 0.29) is 36.0 Å². The molecule has 0 spiro atoms. The zero-order valence-corrected chi connectivity index (χ0v) is 13.6. The maximum atomic E-state index is 12.9. The molecule has 2 aliphatic rings. The number of hydrogen-bond donors (Lipinski definition) is 1. The van der Waals surface area contributed by atoms with Gasteiger partial charge in [-0.3, -0.25) is 9.59 Å². The number of amides is 2. The number of sulfone groups is 1. The van der Waals surface area contributed by atoms with E-state index >= 15 is 0 Å². The highest BCUT2D eigenvalue weighted by atomic mass is 32.2. The van der Waals surface area contributed by atoms with Crippen molar-refractivity contribution in [2.45, 2.75) is 19.4 Å². The summed E-state index contributed by atoms with van der Waals surface area (Å²) in [5.74, 6) is -0.0643. The molecule has 2 heterocycles. The highest BCUT2D eigenvalue weighted by Gasteiger charge is 2.35. The minimum absolute atomic E-state index is 0.00946. The number of nitrogens with one attached hydrogen (secondary N) is 1. The predicted octanol–water partition coefficient (Wildman–Crippen LogP) is 0.667. The molecule has 1 unspecified atom stereocenters. The molecule has 7 nitrogen and oxygen atoms in total. The number of nitrogens with zero attached hydrogens (tertiary/aromatic N) is 1. The topological polar surface area (TPSA) is 92.8 Å². The van der Waals surface area contributed by atoms with Gasteiger partial charge in [-0.1, -0.05) is 6.07 Å². The Bertz CT molecular complexity index is 759. The number of hydrogen-bond acceptors (Lipinski definition) is 5. The number of benzene rings is 1. The molecule has 0 radical (unpaired) electrons. The van der Waals surface area contributed by atoms with Crippen molar-refractivity contribution >= 4 is 27.3 Å². The van der Waals surface area contributed by atoms with E-state index in [1.54, 1.807) is 23.1 Å². The number of anilines is 1. The molecule has 1 atom stereocenters. The van der Waals surface area contributed by atoms with Crippen molar-refractivity contribution in [3.8, 4) is 5.75 Å². The molecule has 1 N–H and O–H groups in total. The van der Waals surface area contributed by atoms with E-state index in [0.717, 1.165) is 0 Å². The van der Waals surface area contributed by atoms with Gasteiger partial charge in [0.1, 0.15) is 5.75 Å². The fourth-order valence-corrected chi connectivity index (χ4v) is 4.75. The summed E-state index contributed by atoms with van der Waals surface area (Å²) < 4.78 is 28.7. The summed E-state index contributed by atoms with van der Waals surface area (Å²) in [4.78, 5) is 26.0. The molecule has 2 amide bonds. The number of carbonyl (C=O) groups excluding carboxylic acids is 2. The Morgan fingerprint density at radius 2 is 2.22 bits per heavy atom. The molecule has 23 heavy (non-hydrogen) atoms. The number of fused-ring (bicyclic) bond motifs is 1. The summed E-state index contributed by atoms with van der Waals surface area (Å²) in [6.07, 6.45) is 0.444. The van der Waals surface area contributed by atoms with Gasteiger partial charge in [-0.25, -0.2) is 8.42 Å². The molecule has 0 saturated carbocycles. The van der Waals surface area contributed by atoms with Crippen molar-refractivity contribution in [3.63, 3.8) is 0 Å². The van der Waals surface area contributed by atoms with Gasteiger partial charge in [-0.15, -0.1) is 0 Å². The Balaban J connectivity index is 1.92. The van der Waals surface area contributed by atoms with Gasteiger partial charge in [-0.2, -0.15) is 0 Å². The maximum Gasteiger partial charge on any atom is 0.262 e. The van der Waals surface area contributed by atoms with Crippen LogP contribution in [-0.4, -0.2) is 55.8 Å². The Hall–Kier alpha value is -2.09. The lowest BCUT2D eigenvalue weighted by Gasteiger charge is -2.29. The molecule has 3 rings (SSSR count). The molecule has 1 aromatic rings. The highest BCUT2D eigenvalue weighted by molar-refractivity contribution is 7.91. The predicted molar refractivity (Wildman–Crippen MR) is 84.3 cm³/mol. The Labute approximate surface area is 134 Å². The second-order valence-corrected chi connectivity index (χ2v) is 7.89. The Morgan fingerprint density at radius 1 is 1.43 bits per heavy atom. The second kappa shape index (κ2) is 5.84. The lowest BCUT2D eigenvalue weighted by molar-refractivity contribution is -0.118. The van der Waals surface area contributed by atoms with E-state index in [2.05, 4.69) is 5.32 Å². The summed E-state index contributed by atoms with van der Waals surface area (Å²) in [6, 6.07) is 4.65. The van der Waals surface area contributed by atoms with Crippen LogP contribution in [0.5, 0.6) is 5.75 Å². The van der Waals surface area contributed by atoms with Crippen molar-refractivity contribution in [2.75, 3.05) is 30.0 Å². The first-order valence-corrected chi connectivity index (χ1v) is 9.30. The lowest BCUT2D eigenvalue weighted by atomic mass is 10.1. The van der Waals surface area contributed by atoms with Gasteiger partial charge in [0.25, 0.3) is 11.8 Å². The van der Waals surface area contributed by atoms with Crippen LogP contribution in [0, 0.1) is 0 Å². The summed E-state index contributed by atoms with van der Waals surface area (Å²) >= 11 is 0. The summed E-state index contributed by atoms with van der Waals surface area (Å²) in [5, 5.41) is 2.67. The molecule has 1 aromatic carbocycles. The van der Waals surface area contributed by atoms with Gasteiger partial charge in [-0.05, 0) is 25.5 Å². The van der Waals surface area contributed by atoms with E-state index in [9.17, 15) is 18.0 Å². The lowest BCUT2D eigenvalue weighted by Crippen LogP contribution is -2.41. The van der Waals surface area contributed by atoms with Gasteiger partial charge >= 0.3 is 0 Å². The third-order valence-electron chi connectivity index (χ3n) is 4.13. The molecule has 0 aromatic heterocycles. The van der Waals surface area contributed by atoms with Crippen molar-refractivity contribution in [1.82, 2.24) is 4.90 Å². The number of rotatable bonds is 3. The average Bonchev–Trinajstić information content (AvgIpc) is 2.87. The third kappa shape index (κ3) is 3.03. The molecule has 2 aliphatic heterocycles. The van der Waals surface area contributed by atoms with Crippen molar-refractivity contribution in [1.29, 1.82) is 0 Å². The van der Waals surface area contributed by atoms with E-state index in [0.29, 0.717) is 30.0 Å². The van der Waals surface area contributed by atoms with Gasteiger partial charge in [0.05, 0.1) is 22.8 Å². The normalized spacial score (nSPS) is 22.0. The summed E-state index contributed by atoms with van der Waals surface area (Å²) in [5.41, 5.74) is 0.676. The standard InChI is InChI=1S/C15H18N2O5S/c1-2-17(10-6-7-23(20,21)9-10)15(19)11-4-3-5-12-14(11)16-13(18)8-22-12/h3-5,10H,2,6-9H2,1H3,(H,16,18). The zero-order chi connectivity index (χ0) is 16.6. The highest BCUT2D eigenvalue weighted by Crippen LogP contribution is 2.32. The second-order valence-electron chi connectivity index (χ2n) is 5.66. The minimum atomic E-state index is -3.08. The van der Waals surface area contributed by atoms with Crippen LogP contribution in [0.1, 0.15) is 23.7 Å². The molecule has 8 heteroatoms. The van der Waals surface area contributed by atoms with Gasteiger partial charge < -0.3 is 15.0 Å². The quantitative estimate of drug-likeness (QED) is 0.874. The Kier molecular flexibility index (Phi) is 4.01. The van der Waals surface area contributed by atoms with Crippen LogP contribution < -0.4 is 10.1 Å². The zero-order valence-electron chi connectivity index (χ0n) is 12.7.